The Kier molecular flexibility index (Phi) is 2.52. The lowest BCUT2D eigenvalue weighted by Crippen LogP contribution is -2.04. The van der Waals surface area contributed by atoms with E-state index in [1.54, 1.807) is 0 Å². The Bertz CT molecular complexity index is 500. The minimum Gasteiger partial charge on any atom is -0.507 e. The molecule has 3 unspecified atom stereocenters. The Balaban J connectivity index is 2.06. The molecule has 18 heavy (non-hydrogen) atoms. The number of halogens is 1. The van der Waals surface area contributed by atoms with Crippen molar-refractivity contribution in [2.24, 2.45) is 11.8 Å². The molecule has 0 amide bonds. The topological polar surface area (TPSA) is 49.7 Å². The van der Waals surface area contributed by atoms with E-state index in [-0.39, 0.29) is 23.3 Å². The fourth-order valence-corrected chi connectivity index (χ4v) is 2.80. The number of phenolic OH excluding ortho intramolecular Hbond substituents is 1. The standard InChI is InChI=1S/C14H17FO3/c1-6-3-8(6)12(16)9-4-10(15)14-11(13(9)17)7(2)5-18-14/h4,6-8,12,16-17H,3,5H2,1-2H3/t6-,7?,8?,12?/m1/s1. The van der Waals surface area contributed by atoms with Crippen molar-refractivity contribution in [3.05, 3.63) is 23.0 Å². The van der Waals surface area contributed by atoms with Gasteiger partial charge in [-0.2, -0.15) is 0 Å². The first-order chi connectivity index (χ1) is 8.50. The van der Waals surface area contributed by atoms with Gasteiger partial charge in [0.25, 0.3) is 0 Å². The van der Waals surface area contributed by atoms with E-state index >= 15 is 0 Å². The number of hydrogen-bond acceptors (Lipinski definition) is 3. The van der Waals surface area contributed by atoms with Crippen molar-refractivity contribution in [1.82, 2.24) is 0 Å². The molecule has 0 aromatic heterocycles. The summed E-state index contributed by atoms with van der Waals surface area (Å²) in [7, 11) is 0. The lowest BCUT2D eigenvalue weighted by atomic mass is 9.94. The summed E-state index contributed by atoms with van der Waals surface area (Å²) in [6, 6.07) is 1.21. The summed E-state index contributed by atoms with van der Waals surface area (Å²) >= 11 is 0. The molecule has 4 atom stereocenters. The van der Waals surface area contributed by atoms with Crippen LogP contribution in [0.25, 0.3) is 0 Å². The molecule has 3 nitrogen and oxygen atoms in total. The normalized spacial score (nSPS) is 30.8. The fourth-order valence-electron chi connectivity index (χ4n) is 2.80. The fraction of sp³-hybridized carbons (Fsp3) is 0.571. The van der Waals surface area contributed by atoms with Gasteiger partial charge in [-0.15, -0.1) is 0 Å². The summed E-state index contributed by atoms with van der Waals surface area (Å²) in [6.07, 6.45) is 0.137. The first kappa shape index (κ1) is 11.8. The van der Waals surface area contributed by atoms with E-state index in [1.807, 2.05) is 13.8 Å². The number of benzene rings is 1. The van der Waals surface area contributed by atoms with Crippen molar-refractivity contribution in [2.45, 2.75) is 32.3 Å². The largest absolute Gasteiger partial charge is 0.507 e. The summed E-state index contributed by atoms with van der Waals surface area (Å²) in [4.78, 5) is 0. The number of fused-ring (bicyclic) bond motifs is 1. The second-order valence-electron chi connectivity index (χ2n) is 5.57. The highest BCUT2D eigenvalue weighted by Crippen LogP contribution is 2.52. The summed E-state index contributed by atoms with van der Waals surface area (Å²) < 4.78 is 19.1. The Morgan fingerprint density at radius 1 is 1.44 bits per heavy atom. The Morgan fingerprint density at radius 3 is 2.72 bits per heavy atom. The maximum atomic E-state index is 13.9. The molecule has 3 rings (SSSR count). The van der Waals surface area contributed by atoms with E-state index < -0.39 is 11.9 Å². The molecule has 1 heterocycles. The Labute approximate surface area is 105 Å². The third-order valence-electron chi connectivity index (χ3n) is 4.14. The molecule has 0 saturated heterocycles. The lowest BCUT2D eigenvalue weighted by molar-refractivity contribution is 0.144. The molecule has 1 aromatic rings. The molecule has 1 saturated carbocycles. The number of phenols is 1. The molecule has 2 N–H and O–H groups in total. The average molecular weight is 252 g/mol. The summed E-state index contributed by atoms with van der Waals surface area (Å²) in [5.41, 5.74) is 0.801. The number of rotatable bonds is 2. The van der Waals surface area contributed by atoms with Gasteiger partial charge in [-0.3, -0.25) is 0 Å². The second-order valence-corrected chi connectivity index (χ2v) is 5.57. The molecule has 1 aliphatic carbocycles. The highest BCUT2D eigenvalue weighted by molar-refractivity contribution is 5.54. The van der Waals surface area contributed by atoms with Gasteiger partial charge >= 0.3 is 0 Å². The van der Waals surface area contributed by atoms with Crippen molar-refractivity contribution < 1.29 is 19.3 Å². The molecule has 0 bridgehead atoms. The van der Waals surface area contributed by atoms with Gasteiger partial charge in [0.05, 0.1) is 12.7 Å². The third-order valence-corrected chi connectivity index (χ3v) is 4.14. The third kappa shape index (κ3) is 1.59. The molecular weight excluding hydrogens is 235 g/mol. The summed E-state index contributed by atoms with van der Waals surface area (Å²) in [5, 5.41) is 20.4. The molecule has 0 spiro atoms. The molecule has 2 aliphatic rings. The minimum absolute atomic E-state index is 0.00278. The van der Waals surface area contributed by atoms with E-state index in [2.05, 4.69) is 0 Å². The highest BCUT2D eigenvalue weighted by atomic mass is 19.1. The highest BCUT2D eigenvalue weighted by Gasteiger charge is 2.42. The predicted octanol–water partition coefficient (Wildman–Crippen LogP) is 2.72. The lowest BCUT2D eigenvalue weighted by Gasteiger charge is -2.16. The first-order valence-corrected chi connectivity index (χ1v) is 6.36. The van der Waals surface area contributed by atoms with Gasteiger partial charge in [-0.05, 0) is 24.3 Å². The molecular formula is C14H17FO3. The van der Waals surface area contributed by atoms with Crippen LogP contribution in [0.15, 0.2) is 6.07 Å². The Hall–Kier alpha value is -1.29. The van der Waals surface area contributed by atoms with Crippen molar-refractivity contribution in [3.8, 4) is 11.5 Å². The Morgan fingerprint density at radius 2 is 2.11 bits per heavy atom. The van der Waals surface area contributed by atoms with Gasteiger partial charge in [0.15, 0.2) is 11.6 Å². The second kappa shape index (κ2) is 3.85. The van der Waals surface area contributed by atoms with Crippen molar-refractivity contribution >= 4 is 0 Å². The SMILES string of the molecule is CC1COc2c(F)cc(C(O)C3C[C@H]3C)c(O)c21. The maximum Gasteiger partial charge on any atom is 0.166 e. The maximum absolute atomic E-state index is 13.9. The number of aliphatic hydroxyl groups is 1. The van der Waals surface area contributed by atoms with Crippen LogP contribution in [0.3, 0.4) is 0 Å². The van der Waals surface area contributed by atoms with E-state index in [0.717, 1.165) is 6.42 Å². The minimum atomic E-state index is -0.785. The molecule has 1 fully saturated rings. The number of ether oxygens (including phenoxy) is 1. The smallest absolute Gasteiger partial charge is 0.166 e. The number of aromatic hydroxyl groups is 1. The van der Waals surface area contributed by atoms with Crippen molar-refractivity contribution in [2.75, 3.05) is 6.61 Å². The van der Waals surface area contributed by atoms with Gasteiger partial charge in [-0.25, -0.2) is 4.39 Å². The van der Waals surface area contributed by atoms with Gasteiger partial charge in [-0.1, -0.05) is 13.8 Å². The van der Waals surface area contributed by atoms with E-state index in [1.165, 1.54) is 6.07 Å². The van der Waals surface area contributed by atoms with Crippen LogP contribution in [0.5, 0.6) is 11.5 Å². The molecule has 4 heteroatoms. The van der Waals surface area contributed by atoms with Crippen LogP contribution in [0.1, 0.15) is 43.4 Å². The van der Waals surface area contributed by atoms with Crippen molar-refractivity contribution in [1.29, 1.82) is 0 Å². The van der Waals surface area contributed by atoms with E-state index in [9.17, 15) is 14.6 Å². The predicted molar refractivity (Wildman–Crippen MR) is 64.2 cm³/mol. The van der Waals surface area contributed by atoms with Crippen LogP contribution in [0, 0.1) is 17.7 Å². The van der Waals surface area contributed by atoms with Crippen molar-refractivity contribution in [3.63, 3.8) is 0 Å². The number of hydrogen-bond donors (Lipinski definition) is 2. The molecule has 98 valence electrons. The number of aliphatic hydroxyl groups excluding tert-OH is 1. The van der Waals surface area contributed by atoms with Crippen LogP contribution in [0.4, 0.5) is 4.39 Å². The van der Waals surface area contributed by atoms with Crippen LogP contribution in [-0.4, -0.2) is 16.8 Å². The van der Waals surface area contributed by atoms with Crippen LogP contribution < -0.4 is 4.74 Å². The summed E-state index contributed by atoms with van der Waals surface area (Å²) in [5.74, 6) is 0.172. The zero-order valence-electron chi connectivity index (χ0n) is 10.5. The quantitative estimate of drug-likeness (QED) is 0.850. The molecule has 0 radical (unpaired) electrons. The average Bonchev–Trinajstić information content (AvgIpc) is 2.92. The van der Waals surface area contributed by atoms with Gasteiger partial charge < -0.3 is 14.9 Å². The van der Waals surface area contributed by atoms with E-state index in [4.69, 9.17) is 4.74 Å². The van der Waals surface area contributed by atoms with Gasteiger partial charge in [0, 0.05) is 17.0 Å². The van der Waals surface area contributed by atoms with Gasteiger partial charge in [0.2, 0.25) is 0 Å². The molecule has 1 aromatic carbocycles. The van der Waals surface area contributed by atoms with Gasteiger partial charge in [0.1, 0.15) is 5.75 Å². The monoisotopic (exact) mass is 252 g/mol. The van der Waals surface area contributed by atoms with E-state index in [0.29, 0.717) is 23.7 Å². The summed E-state index contributed by atoms with van der Waals surface area (Å²) in [6.45, 7) is 4.29. The zero-order chi connectivity index (χ0) is 13.0. The molecule has 1 aliphatic heterocycles. The van der Waals surface area contributed by atoms with Crippen LogP contribution in [-0.2, 0) is 0 Å². The van der Waals surface area contributed by atoms with Crippen LogP contribution in [0.2, 0.25) is 0 Å². The first-order valence-electron chi connectivity index (χ1n) is 6.36. The zero-order valence-corrected chi connectivity index (χ0v) is 10.5. The van der Waals surface area contributed by atoms with Crippen LogP contribution >= 0.6 is 0 Å².